The van der Waals surface area contributed by atoms with Gasteiger partial charge in [-0.25, -0.2) is 8.42 Å². The van der Waals surface area contributed by atoms with Crippen molar-refractivity contribution in [3.05, 3.63) is 81.2 Å². The van der Waals surface area contributed by atoms with E-state index in [-0.39, 0.29) is 60.9 Å². The van der Waals surface area contributed by atoms with Crippen molar-refractivity contribution in [2.75, 3.05) is 19.6 Å². The lowest BCUT2D eigenvalue weighted by Crippen LogP contribution is -2.54. The first kappa shape index (κ1) is 31.6. The fourth-order valence-electron chi connectivity index (χ4n) is 4.27. The number of piperidine rings is 1. The molecule has 8 nitrogen and oxygen atoms in total. The predicted octanol–water partition coefficient (Wildman–Crippen LogP) is 5.04. The van der Waals surface area contributed by atoms with Gasteiger partial charge < -0.3 is 10.2 Å². The number of pyridine rings is 1. The summed E-state index contributed by atoms with van der Waals surface area (Å²) in [5, 5.41) is 4.12. The molecule has 3 heterocycles. The zero-order valence-electron chi connectivity index (χ0n) is 21.2. The largest absolute Gasteiger partial charge is 0.350 e. The van der Waals surface area contributed by atoms with Crippen LogP contribution in [0.3, 0.4) is 0 Å². The summed E-state index contributed by atoms with van der Waals surface area (Å²) < 4.78 is 56.0. The molecule has 0 saturated carbocycles. The van der Waals surface area contributed by atoms with Gasteiger partial charge in [-0.3, -0.25) is 14.6 Å². The fraction of sp³-hybridized carbons (Fsp3) is 0.269. The van der Waals surface area contributed by atoms with Crippen molar-refractivity contribution in [3.8, 4) is 11.3 Å². The zero-order chi connectivity index (χ0) is 28.2. The molecule has 4 rings (SSSR count). The Morgan fingerprint density at radius 1 is 1.15 bits per heavy atom. The van der Waals surface area contributed by atoms with E-state index in [0.29, 0.717) is 21.2 Å². The summed E-state index contributed by atoms with van der Waals surface area (Å²) in [4.78, 5) is 31.6. The Morgan fingerprint density at radius 3 is 2.48 bits per heavy atom. The summed E-state index contributed by atoms with van der Waals surface area (Å²) in [6.45, 7) is 1.29. The van der Waals surface area contributed by atoms with Crippen LogP contribution in [0.4, 0.5) is 8.78 Å². The summed E-state index contributed by atoms with van der Waals surface area (Å²) in [6.07, 6.45) is -0.193. The van der Waals surface area contributed by atoms with E-state index in [4.69, 9.17) is 11.6 Å². The van der Waals surface area contributed by atoms with Crippen LogP contribution < -0.4 is 10.0 Å². The van der Waals surface area contributed by atoms with Crippen LogP contribution in [0.2, 0.25) is 4.34 Å². The summed E-state index contributed by atoms with van der Waals surface area (Å²) in [5.74, 6) is -1.16. The topological polar surface area (TPSA) is 108 Å². The van der Waals surface area contributed by atoms with Crippen molar-refractivity contribution in [1.29, 1.82) is 0 Å². The summed E-state index contributed by atoms with van der Waals surface area (Å²) >= 11 is 7.06. The summed E-state index contributed by atoms with van der Waals surface area (Å²) in [7, 11) is -4.26. The van der Waals surface area contributed by atoms with Crippen LogP contribution in [0.15, 0.2) is 70.6 Å². The molecule has 0 radical (unpaired) electrons. The number of carbonyl (C=O) groups excluding carboxylic acids is 2. The smallest absolute Gasteiger partial charge is 0.269 e. The summed E-state index contributed by atoms with van der Waals surface area (Å²) in [5.41, 5.74) is 1.86. The molecule has 1 saturated heterocycles. The van der Waals surface area contributed by atoms with Crippen molar-refractivity contribution in [1.82, 2.24) is 19.9 Å². The van der Waals surface area contributed by atoms with Crippen LogP contribution in [0, 0.1) is 6.92 Å². The minimum atomic E-state index is -4.26. The average Bonchev–Trinajstić information content (AvgIpc) is 3.37. The highest BCUT2D eigenvalue weighted by Crippen LogP contribution is 2.27. The Bertz CT molecular complexity index is 1500. The molecule has 2 N–H and O–H groups in total. The van der Waals surface area contributed by atoms with Crippen LogP contribution in [0.1, 0.15) is 28.8 Å². The van der Waals surface area contributed by atoms with E-state index in [1.807, 2.05) is 0 Å². The number of sulfonamides is 1. The average molecular weight is 632 g/mol. The molecule has 1 aliphatic heterocycles. The van der Waals surface area contributed by atoms with E-state index in [2.05, 4.69) is 15.0 Å². The number of hydrogen-bond donors (Lipinski definition) is 2. The van der Waals surface area contributed by atoms with E-state index in [0.717, 1.165) is 11.3 Å². The number of amides is 2. The Labute approximate surface area is 245 Å². The van der Waals surface area contributed by atoms with Crippen molar-refractivity contribution < 1.29 is 26.8 Å². The molecule has 214 valence electrons. The first-order chi connectivity index (χ1) is 18.6. The van der Waals surface area contributed by atoms with Gasteiger partial charge >= 0.3 is 0 Å². The monoisotopic (exact) mass is 630 g/mol. The molecule has 14 heteroatoms. The first-order valence-corrected chi connectivity index (χ1v) is 14.7. The molecule has 1 atom stereocenters. The zero-order valence-corrected chi connectivity index (χ0v) is 24.4. The van der Waals surface area contributed by atoms with E-state index < -0.39 is 34.0 Å². The summed E-state index contributed by atoms with van der Waals surface area (Å²) in [6, 6.07) is 10.1. The maximum absolute atomic E-state index is 13.6. The number of rotatable bonds is 8. The number of nitrogens with zero attached hydrogens (tertiary/aromatic N) is 2. The third-order valence-corrected chi connectivity index (χ3v) is 9.06. The molecule has 2 amide bonds. The van der Waals surface area contributed by atoms with Gasteiger partial charge in [-0.05, 0) is 55.2 Å². The first-order valence-electron chi connectivity index (χ1n) is 11.9. The number of thiophene rings is 1. The highest BCUT2D eigenvalue weighted by molar-refractivity contribution is 7.89. The lowest BCUT2D eigenvalue weighted by molar-refractivity contribution is -0.133. The van der Waals surface area contributed by atoms with Gasteiger partial charge in [0.1, 0.15) is 6.04 Å². The van der Waals surface area contributed by atoms with Crippen LogP contribution in [0.25, 0.3) is 11.3 Å². The normalized spacial score (nSPS) is 14.3. The van der Waals surface area contributed by atoms with Gasteiger partial charge in [0.15, 0.2) is 0 Å². The maximum atomic E-state index is 13.6. The molecule has 0 spiro atoms. The molecule has 0 unspecified atom stereocenters. The lowest BCUT2D eigenvalue weighted by atomic mass is 10.0. The Balaban J connectivity index is 0.00000441. The lowest BCUT2D eigenvalue weighted by Gasteiger charge is -2.31. The van der Waals surface area contributed by atoms with Crippen LogP contribution in [0.5, 0.6) is 0 Å². The minimum Gasteiger partial charge on any atom is -0.350 e. The molecular formula is C26H26Cl2F2N4O4S2. The van der Waals surface area contributed by atoms with Crippen molar-refractivity contribution >= 4 is 57.2 Å². The Morgan fingerprint density at radius 2 is 1.88 bits per heavy atom. The number of benzene rings is 1. The van der Waals surface area contributed by atoms with E-state index >= 15 is 0 Å². The maximum Gasteiger partial charge on any atom is 0.269 e. The quantitative estimate of drug-likeness (QED) is 0.362. The van der Waals surface area contributed by atoms with Crippen LogP contribution in [-0.4, -0.2) is 55.8 Å². The second kappa shape index (κ2) is 13.6. The standard InChI is InChI=1S/C26H25ClF2N4O4S2.ClH/c1-16-19(20-6-2-3-10-30-20)5-4-7-22(16)39(36,37)32-21(14-31-25(34)18-13-23(27)38-15-18)26(35)33-11-8-17(9-12-33)24(28)29;/h2-7,10,13,15,21,32H,8-9,11-12,14H2,1H3,(H,31,34);1H/t21-;/m0./s1. The number of hydrogen-bond acceptors (Lipinski definition) is 6. The van der Waals surface area contributed by atoms with Gasteiger partial charge in [-0.2, -0.15) is 13.5 Å². The molecule has 1 aromatic carbocycles. The second-order valence-corrected chi connectivity index (χ2v) is 12.1. The molecule has 2 aromatic heterocycles. The number of carbonyl (C=O) groups is 2. The minimum absolute atomic E-state index is 0. The Kier molecular flexibility index (Phi) is 10.8. The van der Waals surface area contributed by atoms with Crippen LogP contribution >= 0.6 is 35.3 Å². The van der Waals surface area contributed by atoms with Crippen molar-refractivity contribution in [3.63, 3.8) is 0 Å². The van der Waals surface area contributed by atoms with Crippen LogP contribution in [-0.2, 0) is 14.8 Å². The van der Waals surface area contributed by atoms with E-state index in [9.17, 15) is 26.8 Å². The second-order valence-electron chi connectivity index (χ2n) is 8.86. The van der Waals surface area contributed by atoms with Gasteiger partial charge in [-0.15, -0.1) is 23.7 Å². The number of halogens is 4. The molecule has 1 fully saturated rings. The molecular weight excluding hydrogens is 605 g/mol. The number of likely N-dealkylation sites (tertiary alicyclic amines) is 1. The molecule has 3 aromatic rings. The highest BCUT2D eigenvalue weighted by Gasteiger charge is 2.32. The molecule has 40 heavy (non-hydrogen) atoms. The molecule has 0 bridgehead atoms. The van der Waals surface area contributed by atoms with Gasteiger partial charge in [0, 0.05) is 36.8 Å². The van der Waals surface area contributed by atoms with Gasteiger partial charge in [-0.1, -0.05) is 29.8 Å². The number of aromatic nitrogens is 1. The van der Waals surface area contributed by atoms with E-state index in [1.165, 1.54) is 22.4 Å². The van der Waals surface area contributed by atoms with Gasteiger partial charge in [0.2, 0.25) is 15.9 Å². The van der Waals surface area contributed by atoms with Gasteiger partial charge in [0.05, 0.1) is 20.5 Å². The van der Waals surface area contributed by atoms with Crippen molar-refractivity contribution in [2.24, 2.45) is 0 Å². The van der Waals surface area contributed by atoms with E-state index in [1.54, 1.807) is 43.5 Å². The predicted molar refractivity (Wildman–Crippen MR) is 152 cm³/mol. The SMILES string of the molecule is Cc1c(-c2ccccn2)cccc1S(=O)(=O)N[C@@H](CNC(=O)c1csc(Cl)c1)C(=O)N1CCC(=C(F)F)CC1.Cl. The number of nitrogens with one attached hydrogen (secondary N) is 2. The van der Waals surface area contributed by atoms with Gasteiger partial charge in [0.25, 0.3) is 12.0 Å². The third-order valence-electron chi connectivity index (χ3n) is 6.35. The third kappa shape index (κ3) is 7.43. The van der Waals surface area contributed by atoms with Crippen molar-refractivity contribution in [2.45, 2.75) is 30.7 Å². The Hall–Kier alpha value is -2.90. The fourth-order valence-corrected chi connectivity index (χ4v) is 6.58. The molecule has 1 aliphatic rings. The highest BCUT2D eigenvalue weighted by atomic mass is 35.5. The molecule has 0 aliphatic carbocycles.